The van der Waals surface area contributed by atoms with Crippen LogP contribution in [0.3, 0.4) is 0 Å². The van der Waals surface area contributed by atoms with Crippen LogP contribution < -0.4 is 0 Å². The maximum Gasteiger partial charge on any atom is 0.329 e. The van der Waals surface area contributed by atoms with Crippen molar-refractivity contribution in [2.75, 3.05) is 126 Å². The first-order valence-corrected chi connectivity index (χ1v) is 16.7. The van der Waals surface area contributed by atoms with Crippen molar-refractivity contribution in [1.29, 1.82) is 0 Å². The lowest BCUT2D eigenvalue weighted by Crippen LogP contribution is -2.15. The van der Waals surface area contributed by atoms with Gasteiger partial charge in [0.25, 0.3) is 0 Å². The highest BCUT2D eigenvalue weighted by atomic mass is 16.6. The SMILES string of the molecule is CCCCCCCCCCCC(=O)OCCOCCOCCOCCOCCOCCOCCOCCOCCOCC(=O)O. The predicted molar refractivity (Wildman–Crippen MR) is 168 cm³/mol. The third kappa shape index (κ3) is 40.6. The summed E-state index contributed by atoms with van der Waals surface area (Å²) in [5.41, 5.74) is 0. The molecule has 0 aliphatic heterocycles. The van der Waals surface area contributed by atoms with E-state index < -0.39 is 5.97 Å². The molecule has 0 spiro atoms. The highest BCUT2D eigenvalue weighted by Gasteiger charge is 2.03. The second kappa shape index (κ2) is 38.8. The molecule has 0 rings (SSSR count). The highest BCUT2D eigenvalue weighted by molar-refractivity contribution is 5.69. The molecule has 0 saturated heterocycles. The molecule has 0 amide bonds. The number of hydrogen-bond acceptors (Lipinski definition) is 12. The zero-order valence-electron chi connectivity index (χ0n) is 27.9. The summed E-state index contributed by atoms with van der Waals surface area (Å²) in [6.45, 7) is 9.66. The van der Waals surface area contributed by atoms with Crippen LogP contribution in [0.4, 0.5) is 0 Å². The van der Waals surface area contributed by atoms with Gasteiger partial charge >= 0.3 is 11.9 Å². The van der Waals surface area contributed by atoms with Gasteiger partial charge in [0.05, 0.1) is 112 Å². The summed E-state index contributed by atoms with van der Waals surface area (Å²) in [5.74, 6) is -1.14. The fourth-order valence-electron chi connectivity index (χ4n) is 3.79. The Morgan fingerprint density at radius 3 is 1.02 bits per heavy atom. The Hall–Kier alpha value is -1.42. The number of esters is 1. The molecule has 45 heavy (non-hydrogen) atoms. The Kier molecular flexibility index (Phi) is 37.5. The number of hydrogen-bond donors (Lipinski definition) is 1. The Labute approximate surface area is 270 Å². The van der Waals surface area contributed by atoms with Gasteiger partial charge in [0, 0.05) is 6.42 Å². The largest absolute Gasteiger partial charge is 0.480 e. The predicted octanol–water partition coefficient (Wildman–Crippen LogP) is 3.68. The van der Waals surface area contributed by atoms with Crippen LogP contribution in [0.15, 0.2) is 0 Å². The van der Waals surface area contributed by atoms with Crippen LogP contribution in [0.25, 0.3) is 0 Å². The molecule has 0 bridgehead atoms. The second-order valence-corrected chi connectivity index (χ2v) is 10.1. The first kappa shape index (κ1) is 43.6. The molecule has 0 atom stereocenters. The number of aliphatic carboxylic acids is 1. The summed E-state index contributed by atoms with van der Waals surface area (Å²) in [4.78, 5) is 22.0. The molecular weight excluding hydrogens is 592 g/mol. The van der Waals surface area contributed by atoms with Gasteiger partial charge < -0.3 is 52.5 Å². The van der Waals surface area contributed by atoms with Gasteiger partial charge in [-0.3, -0.25) is 4.79 Å². The molecule has 268 valence electrons. The smallest absolute Gasteiger partial charge is 0.329 e. The average molecular weight is 655 g/mol. The maximum absolute atomic E-state index is 11.8. The monoisotopic (exact) mass is 654 g/mol. The van der Waals surface area contributed by atoms with Crippen LogP contribution >= 0.6 is 0 Å². The van der Waals surface area contributed by atoms with E-state index in [0.29, 0.717) is 112 Å². The molecule has 0 aromatic carbocycles. The standard InChI is InChI=1S/C32H62O13/c1-2-3-4-5-6-7-8-9-10-11-32(35)45-29-28-43-25-24-41-21-20-39-17-16-37-13-12-36-14-15-38-18-19-40-22-23-42-26-27-44-30-31(33)34/h2-30H2,1H3,(H,33,34). The minimum Gasteiger partial charge on any atom is -0.480 e. The molecule has 0 radical (unpaired) electrons. The van der Waals surface area contributed by atoms with Crippen molar-refractivity contribution in [2.45, 2.75) is 71.1 Å². The summed E-state index contributed by atoms with van der Waals surface area (Å²) >= 11 is 0. The molecule has 0 unspecified atom stereocenters. The molecule has 0 aliphatic carbocycles. The molecule has 0 aliphatic rings. The third-order valence-corrected chi connectivity index (χ3v) is 6.18. The Morgan fingerprint density at radius 1 is 0.400 bits per heavy atom. The third-order valence-electron chi connectivity index (χ3n) is 6.18. The molecule has 13 heteroatoms. The highest BCUT2D eigenvalue weighted by Crippen LogP contribution is 2.10. The molecule has 0 fully saturated rings. The van der Waals surface area contributed by atoms with Crippen LogP contribution in [0, 0.1) is 0 Å². The van der Waals surface area contributed by atoms with E-state index in [-0.39, 0.29) is 25.8 Å². The summed E-state index contributed by atoms with van der Waals surface area (Å²) < 4.78 is 53.3. The van der Waals surface area contributed by atoms with Crippen LogP contribution in [-0.2, 0) is 57.0 Å². The summed E-state index contributed by atoms with van der Waals surface area (Å²) in [6.07, 6.45) is 11.6. The van der Waals surface area contributed by atoms with E-state index in [1.54, 1.807) is 0 Å². The van der Waals surface area contributed by atoms with Crippen molar-refractivity contribution in [3.05, 3.63) is 0 Å². The number of rotatable bonds is 39. The van der Waals surface area contributed by atoms with E-state index in [2.05, 4.69) is 6.92 Å². The van der Waals surface area contributed by atoms with Crippen molar-refractivity contribution in [1.82, 2.24) is 0 Å². The molecule has 13 nitrogen and oxygen atoms in total. The number of carbonyl (C=O) groups is 2. The maximum atomic E-state index is 11.8. The number of ether oxygens (including phenoxy) is 10. The number of carboxylic acids is 1. The van der Waals surface area contributed by atoms with E-state index >= 15 is 0 Å². The van der Waals surface area contributed by atoms with E-state index in [1.807, 2.05) is 0 Å². The lowest BCUT2D eigenvalue weighted by Gasteiger charge is -2.09. The Balaban J connectivity index is 3.11. The first-order chi connectivity index (χ1) is 22.2. The second-order valence-electron chi connectivity index (χ2n) is 10.1. The van der Waals surface area contributed by atoms with E-state index in [1.165, 1.54) is 44.9 Å². The molecule has 0 heterocycles. The average Bonchev–Trinajstić information content (AvgIpc) is 3.03. The van der Waals surface area contributed by atoms with Crippen molar-refractivity contribution in [3.63, 3.8) is 0 Å². The lowest BCUT2D eigenvalue weighted by atomic mass is 10.1. The van der Waals surface area contributed by atoms with E-state index in [4.69, 9.17) is 52.5 Å². The van der Waals surface area contributed by atoms with Crippen LogP contribution in [0.1, 0.15) is 71.1 Å². The summed E-state index contributed by atoms with van der Waals surface area (Å²) in [5, 5.41) is 8.42. The van der Waals surface area contributed by atoms with Gasteiger partial charge in [-0.25, -0.2) is 4.79 Å². The number of carbonyl (C=O) groups excluding carboxylic acids is 1. The van der Waals surface area contributed by atoms with Crippen molar-refractivity contribution >= 4 is 11.9 Å². The zero-order valence-corrected chi connectivity index (χ0v) is 27.9. The van der Waals surface area contributed by atoms with Crippen molar-refractivity contribution in [3.8, 4) is 0 Å². The summed E-state index contributed by atoms with van der Waals surface area (Å²) in [7, 11) is 0. The molecule has 0 saturated carbocycles. The number of carboxylic acid groups (broad SMARTS) is 1. The van der Waals surface area contributed by atoms with Crippen molar-refractivity contribution < 1.29 is 62.1 Å². The Bertz CT molecular complexity index is 610. The molecule has 0 aromatic heterocycles. The quantitative estimate of drug-likeness (QED) is 0.0760. The lowest BCUT2D eigenvalue weighted by molar-refractivity contribution is -0.145. The van der Waals surface area contributed by atoms with Gasteiger partial charge in [0.1, 0.15) is 13.2 Å². The zero-order chi connectivity index (χ0) is 32.7. The normalized spacial score (nSPS) is 11.3. The van der Waals surface area contributed by atoms with Crippen LogP contribution in [0.5, 0.6) is 0 Å². The van der Waals surface area contributed by atoms with Crippen LogP contribution in [0.2, 0.25) is 0 Å². The van der Waals surface area contributed by atoms with Crippen molar-refractivity contribution in [2.24, 2.45) is 0 Å². The first-order valence-electron chi connectivity index (χ1n) is 16.7. The summed E-state index contributed by atoms with van der Waals surface area (Å²) in [6, 6.07) is 0. The molecular formula is C32H62O13. The van der Waals surface area contributed by atoms with Gasteiger partial charge in [-0.2, -0.15) is 0 Å². The van der Waals surface area contributed by atoms with Gasteiger partial charge in [-0.05, 0) is 6.42 Å². The van der Waals surface area contributed by atoms with Crippen LogP contribution in [-0.4, -0.2) is 143 Å². The fraction of sp³-hybridized carbons (Fsp3) is 0.938. The van der Waals surface area contributed by atoms with Gasteiger partial charge in [0.2, 0.25) is 0 Å². The Morgan fingerprint density at radius 2 is 0.689 bits per heavy atom. The fourth-order valence-corrected chi connectivity index (χ4v) is 3.79. The topological polar surface area (TPSA) is 147 Å². The van der Waals surface area contributed by atoms with Gasteiger partial charge in [-0.15, -0.1) is 0 Å². The number of unbranched alkanes of at least 4 members (excludes halogenated alkanes) is 8. The van der Waals surface area contributed by atoms with E-state index in [0.717, 1.165) is 12.8 Å². The molecule has 0 aromatic rings. The van der Waals surface area contributed by atoms with E-state index in [9.17, 15) is 9.59 Å². The minimum atomic E-state index is -0.996. The van der Waals surface area contributed by atoms with Gasteiger partial charge in [-0.1, -0.05) is 58.3 Å². The van der Waals surface area contributed by atoms with Gasteiger partial charge in [0.15, 0.2) is 0 Å². The minimum absolute atomic E-state index is 0.142. The molecule has 1 N–H and O–H groups in total.